The molecule has 0 aliphatic carbocycles. The number of hydrogen-bond acceptors (Lipinski definition) is 4. The number of hydrogen-bond donors (Lipinski definition) is 1. The van der Waals surface area contributed by atoms with E-state index in [1.54, 1.807) is 19.1 Å². The highest BCUT2D eigenvalue weighted by Gasteiger charge is 2.29. The Bertz CT molecular complexity index is 493. The molecule has 1 fully saturated rings. The number of benzene rings is 1. The summed E-state index contributed by atoms with van der Waals surface area (Å²) in [6, 6.07) is 7.20. The first kappa shape index (κ1) is 12.4. The molecule has 1 aliphatic rings. The molecule has 0 atom stereocenters. The SMILES string of the molecule is CCS(=O)(=O)c1ccccc1N1CC(CN)C1. The zero-order chi connectivity index (χ0) is 12.5. The second-order valence-corrected chi connectivity index (χ2v) is 6.62. The lowest BCUT2D eigenvalue weighted by molar-refractivity contribution is 0.418. The van der Waals surface area contributed by atoms with Gasteiger partial charge in [0.05, 0.1) is 16.3 Å². The highest BCUT2D eigenvalue weighted by Crippen LogP contribution is 2.30. The summed E-state index contributed by atoms with van der Waals surface area (Å²) in [6.45, 7) is 4.05. The third-order valence-electron chi connectivity index (χ3n) is 3.21. The minimum absolute atomic E-state index is 0.137. The summed E-state index contributed by atoms with van der Waals surface area (Å²) in [5, 5.41) is 0. The summed E-state index contributed by atoms with van der Waals surface area (Å²) in [5.41, 5.74) is 6.40. The molecule has 0 spiro atoms. The van der Waals surface area contributed by atoms with Gasteiger partial charge in [0.15, 0.2) is 9.84 Å². The van der Waals surface area contributed by atoms with Crippen molar-refractivity contribution in [3.05, 3.63) is 24.3 Å². The molecule has 0 bridgehead atoms. The summed E-state index contributed by atoms with van der Waals surface area (Å²) in [5.74, 6) is 0.630. The van der Waals surface area contributed by atoms with Gasteiger partial charge < -0.3 is 10.6 Å². The largest absolute Gasteiger partial charge is 0.370 e. The van der Waals surface area contributed by atoms with Crippen LogP contribution in [0.15, 0.2) is 29.2 Å². The van der Waals surface area contributed by atoms with Crippen molar-refractivity contribution >= 4 is 15.5 Å². The monoisotopic (exact) mass is 254 g/mol. The maximum atomic E-state index is 12.0. The molecule has 2 rings (SSSR count). The van der Waals surface area contributed by atoms with Crippen molar-refractivity contribution in [1.29, 1.82) is 0 Å². The van der Waals surface area contributed by atoms with E-state index in [4.69, 9.17) is 5.73 Å². The number of sulfone groups is 1. The van der Waals surface area contributed by atoms with Gasteiger partial charge in [-0.1, -0.05) is 19.1 Å². The Labute approximate surface area is 102 Å². The van der Waals surface area contributed by atoms with E-state index in [-0.39, 0.29) is 5.75 Å². The van der Waals surface area contributed by atoms with E-state index in [9.17, 15) is 8.42 Å². The smallest absolute Gasteiger partial charge is 0.180 e. The molecular weight excluding hydrogens is 236 g/mol. The minimum atomic E-state index is -3.15. The van der Waals surface area contributed by atoms with Gasteiger partial charge in [-0.2, -0.15) is 0 Å². The number of rotatable bonds is 4. The summed E-state index contributed by atoms with van der Waals surface area (Å²) in [6.07, 6.45) is 0. The Kier molecular flexibility index (Phi) is 3.40. The average molecular weight is 254 g/mol. The molecule has 0 radical (unpaired) electrons. The maximum Gasteiger partial charge on any atom is 0.180 e. The third-order valence-corrected chi connectivity index (χ3v) is 4.99. The Morgan fingerprint density at radius 3 is 2.59 bits per heavy atom. The summed E-state index contributed by atoms with van der Waals surface area (Å²) < 4.78 is 23.9. The van der Waals surface area contributed by atoms with E-state index in [0.717, 1.165) is 18.8 Å². The predicted octanol–water partition coefficient (Wildman–Crippen LogP) is 0.875. The Hall–Kier alpha value is -1.07. The van der Waals surface area contributed by atoms with Crippen LogP contribution in [0.5, 0.6) is 0 Å². The molecule has 0 saturated carbocycles. The summed E-state index contributed by atoms with van der Waals surface area (Å²) in [7, 11) is -3.15. The summed E-state index contributed by atoms with van der Waals surface area (Å²) in [4.78, 5) is 2.53. The van der Waals surface area contributed by atoms with Crippen LogP contribution in [-0.2, 0) is 9.84 Å². The van der Waals surface area contributed by atoms with E-state index in [0.29, 0.717) is 17.4 Å². The molecule has 1 heterocycles. The number of nitrogens with zero attached hydrogens (tertiary/aromatic N) is 1. The van der Waals surface area contributed by atoms with Crippen LogP contribution < -0.4 is 10.6 Å². The van der Waals surface area contributed by atoms with Crippen LogP contribution >= 0.6 is 0 Å². The van der Waals surface area contributed by atoms with Crippen LogP contribution in [0, 0.1) is 5.92 Å². The fourth-order valence-corrected chi connectivity index (χ4v) is 3.17. The molecule has 5 heteroatoms. The Morgan fingerprint density at radius 1 is 1.35 bits per heavy atom. The van der Waals surface area contributed by atoms with Crippen LogP contribution in [0.25, 0.3) is 0 Å². The normalized spacial score (nSPS) is 16.9. The van der Waals surface area contributed by atoms with Gasteiger partial charge in [0.25, 0.3) is 0 Å². The summed E-state index contributed by atoms with van der Waals surface area (Å²) >= 11 is 0. The topological polar surface area (TPSA) is 63.4 Å². The van der Waals surface area contributed by atoms with Crippen molar-refractivity contribution in [1.82, 2.24) is 0 Å². The fourth-order valence-electron chi connectivity index (χ4n) is 2.05. The maximum absolute atomic E-state index is 12.0. The van der Waals surface area contributed by atoms with E-state index >= 15 is 0 Å². The molecule has 1 aromatic carbocycles. The number of nitrogens with two attached hydrogens (primary N) is 1. The van der Waals surface area contributed by atoms with Gasteiger partial charge in [-0.05, 0) is 18.7 Å². The molecule has 1 aromatic rings. The lowest BCUT2D eigenvalue weighted by Gasteiger charge is -2.41. The highest BCUT2D eigenvalue weighted by molar-refractivity contribution is 7.91. The standard InChI is InChI=1S/C12H18N2O2S/c1-2-17(15,16)12-6-4-3-5-11(12)14-8-10(7-13)9-14/h3-6,10H,2,7-9,13H2,1H3. The van der Waals surface area contributed by atoms with Crippen LogP contribution in [0.4, 0.5) is 5.69 Å². The van der Waals surface area contributed by atoms with Crippen LogP contribution in [0.2, 0.25) is 0 Å². The molecule has 2 N–H and O–H groups in total. The molecule has 4 nitrogen and oxygen atoms in total. The molecule has 0 unspecified atom stereocenters. The second-order valence-electron chi connectivity index (χ2n) is 4.38. The van der Waals surface area contributed by atoms with Crippen LogP contribution in [-0.4, -0.2) is 33.8 Å². The van der Waals surface area contributed by atoms with Gasteiger partial charge in [0.1, 0.15) is 0 Å². The van der Waals surface area contributed by atoms with Crippen LogP contribution in [0.1, 0.15) is 6.92 Å². The van der Waals surface area contributed by atoms with Crippen molar-refractivity contribution < 1.29 is 8.42 Å². The van der Waals surface area contributed by atoms with Gasteiger partial charge in [-0.15, -0.1) is 0 Å². The van der Waals surface area contributed by atoms with Gasteiger partial charge >= 0.3 is 0 Å². The van der Waals surface area contributed by atoms with Crippen molar-refractivity contribution in [2.24, 2.45) is 11.7 Å². The van der Waals surface area contributed by atoms with E-state index in [1.165, 1.54) is 0 Å². The predicted molar refractivity (Wildman–Crippen MR) is 68.9 cm³/mol. The molecule has 1 saturated heterocycles. The highest BCUT2D eigenvalue weighted by atomic mass is 32.2. The number of para-hydroxylation sites is 1. The minimum Gasteiger partial charge on any atom is -0.370 e. The quantitative estimate of drug-likeness (QED) is 0.866. The van der Waals surface area contributed by atoms with E-state index in [1.807, 2.05) is 12.1 Å². The van der Waals surface area contributed by atoms with Crippen molar-refractivity contribution in [2.45, 2.75) is 11.8 Å². The molecule has 0 aromatic heterocycles. The van der Waals surface area contributed by atoms with E-state index in [2.05, 4.69) is 4.90 Å². The lowest BCUT2D eigenvalue weighted by atomic mass is 10.00. The fraction of sp³-hybridized carbons (Fsp3) is 0.500. The zero-order valence-electron chi connectivity index (χ0n) is 9.96. The van der Waals surface area contributed by atoms with Crippen molar-refractivity contribution in [2.75, 3.05) is 30.3 Å². The molecule has 17 heavy (non-hydrogen) atoms. The van der Waals surface area contributed by atoms with Crippen LogP contribution in [0.3, 0.4) is 0 Å². The average Bonchev–Trinajstić information content (AvgIpc) is 2.28. The third kappa shape index (κ3) is 2.30. The van der Waals surface area contributed by atoms with Crippen molar-refractivity contribution in [3.63, 3.8) is 0 Å². The Morgan fingerprint density at radius 2 is 2.00 bits per heavy atom. The first-order valence-electron chi connectivity index (χ1n) is 5.85. The molecule has 1 aliphatic heterocycles. The second kappa shape index (κ2) is 4.66. The number of anilines is 1. The molecular formula is C12H18N2O2S. The van der Waals surface area contributed by atoms with Gasteiger partial charge in [-0.25, -0.2) is 8.42 Å². The molecule has 94 valence electrons. The lowest BCUT2D eigenvalue weighted by Crippen LogP contribution is -2.50. The molecule has 0 amide bonds. The van der Waals surface area contributed by atoms with Crippen molar-refractivity contribution in [3.8, 4) is 0 Å². The Balaban J connectivity index is 2.30. The zero-order valence-corrected chi connectivity index (χ0v) is 10.8. The first-order valence-corrected chi connectivity index (χ1v) is 7.50. The van der Waals surface area contributed by atoms with E-state index < -0.39 is 9.84 Å². The van der Waals surface area contributed by atoms with Gasteiger partial charge in [0, 0.05) is 19.0 Å². The first-order chi connectivity index (χ1) is 8.08. The van der Waals surface area contributed by atoms with Gasteiger partial charge in [-0.3, -0.25) is 0 Å². The van der Waals surface area contributed by atoms with Gasteiger partial charge in [0.2, 0.25) is 0 Å².